The Bertz CT molecular complexity index is 969. The van der Waals surface area contributed by atoms with Crippen LogP contribution in [0.1, 0.15) is 29.4 Å². The zero-order chi connectivity index (χ0) is 18.9. The number of hydrogen-bond donors (Lipinski definition) is 1. The summed E-state index contributed by atoms with van der Waals surface area (Å²) < 4.78 is 3.06. The summed E-state index contributed by atoms with van der Waals surface area (Å²) in [5, 5.41) is 10.0. The first-order valence-corrected chi connectivity index (χ1v) is 10.7. The molecule has 5 heterocycles. The number of nitrogens with one attached hydrogen (secondary N) is 1. The standard InChI is InChI=1S/C19H23N7OS/c27-19(16-3-6-26(23-16)14-2-1-5-20-12-14)25-9-7-24(8-10-25)18-17-15(4-11-28-17)21-13-22-18/h3-4,6,11,13-14,20H,1-2,5,7-10,12H2. The van der Waals surface area contributed by atoms with E-state index in [1.807, 2.05) is 33.3 Å². The molecule has 28 heavy (non-hydrogen) atoms. The summed E-state index contributed by atoms with van der Waals surface area (Å²) >= 11 is 1.66. The number of rotatable bonds is 3. The van der Waals surface area contributed by atoms with Crippen LogP contribution in [0.2, 0.25) is 0 Å². The largest absolute Gasteiger partial charge is 0.352 e. The van der Waals surface area contributed by atoms with Gasteiger partial charge in [-0.25, -0.2) is 9.97 Å². The predicted molar refractivity (Wildman–Crippen MR) is 109 cm³/mol. The van der Waals surface area contributed by atoms with Crippen molar-refractivity contribution in [3.63, 3.8) is 0 Å². The number of amides is 1. The van der Waals surface area contributed by atoms with Crippen molar-refractivity contribution >= 4 is 33.3 Å². The van der Waals surface area contributed by atoms with E-state index in [0.717, 1.165) is 55.1 Å². The first-order chi connectivity index (χ1) is 13.8. The van der Waals surface area contributed by atoms with Crippen molar-refractivity contribution in [3.05, 3.63) is 35.7 Å². The van der Waals surface area contributed by atoms with Crippen LogP contribution in [-0.2, 0) is 0 Å². The Hall–Kier alpha value is -2.52. The average Bonchev–Trinajstić information content (AvgIpc) is 3.43. The number of anilines is 1. The summed E-state index contributed by atoms with van der Waals surface area (Å²) in [6.07, 6.45) is 5.82. The highest BCUT2D eigenvalue weighted by molar-refractivity contribution is 7.17. The third-order valence-electron chi connectivity index (χ3n) is 5.56. The van der Waals surface area contributed by atoms with Crippen LogP contribution in [0.5, 0.6) is 0 Å². The average molecular weight is 398 g/mol. The number of piperidine rings is 1. The fraction of sp³-hybridized carbons (Fsp3) is 0.474. The highest BCUT2D eigenvalue weighted by atomic mass is 32.1. The smallest absolute Gasteiger partial charge is 0.274 e. The molecule has 8 nitrogen and oxygen atoms in total. The van der Waals surface area contributed by atoms with Gasteiger partial charge in [0.2, 0.25) is 0 Å². The van der Waals surface area contributed by atoms with E-state index < -0.39 is 0 Å². The normalized spacial score (nSPS) is 20.6. The minimum absolute atomic E-state index is 0.0196. The van der Waals surface area contributed by atoms with Crippen molar-refractivity contribution in [1.82, 2.24) is 30.0 Å². The van der Waals surface area contributed by atoms with Crippen molar-refractivity contribution in [2.24, 2.45) is 0 Å². The summed E-state index contributed by atoms with van der Waals surface area (Å²) in [6, 6.07) is 4.21. The molecule has 3 aromatic heterocycles. The zero-order valence-electron chi connectivity index (χ0n) is 15.6. The molecule has 0 aliphatic carbocycles. The second-order valence-corrected chi connectivity index (χ2v) is 8.21. The molecule has 2 aliphatic heterocycles. The molecule has 2 aliphatic rings. The van der Waals surface area contributed by atoms with Gasteiger partial charge in [-0.3, -0.25) is 9.48 Å². The Balaban J connectivity index is 1.25. The van der Waals surface area contributed by atoms with Gasteiger partial charge in [0.25, 0.3) is 5.91 Å². The van der Waals surface area contributed by atoms with Crippen molar-refractivity contribution < 1.29 is 4.79 Å². The predicted octanol–water partition coefficient (Wildman–Crippen LogP) is 1.77. The van der Waals surface area contributed by atoms with Crippen LogP contribution in [0.15, 0.2) is 30.0 Å². The summed E-state index contributed by atoms with van der Waals surface area (Å²) in [6.45, 7) is 4.87. The van der Waals surface area contributed by atoms with Gasteiger partial charge >= 0.3 is 0 Å². The van der Waals surface area contributed by atoms with E-state index in [1.54, 1.807) is 17.7 Å². The van der Waals surface area contributed by atoms with Crippen molar-refractivity contribution in [2.45, 2.75) is 18.9 Å². The van der Waals surface area contributed by atoms with E-state index in [2.05, 4.69) is 25.3 Å². The van der Waals surface area contributed by atoms with Crippen molar-refractivity contribution in [3.8, 4) is 0 Å². The van der Waals surface area contributed by atoms with Gasteiger partial charge in [-0.05, 0) is 36.9 Å². The van der Waals surface area contributed by atoms with E-state index in [0.29, 0.717) is 24.8 Å². The second kappa shape index (κ2) is 7.48. The molecule has 2 saturated heterocycles. The van der Waals surface area contributed by atoms with Crippen LogP contribution < -0.4 is 10.2 Å². The molecule has 0 saturated carbocycles. The van der Waals surface area contributed by atoms with Crippen LogP contribution in [0.4, 0.5) is 5.82 Å². The van der Waals surface area contributed by atoms with Gasteiger partial charge in [0.05, 0.1) is 16.3 Å². The van der Waals surface area contributed by atoms with E-state index in [-0.39, 0.29) is 5.91 Å². The third-order valence-corrected chi connectivity index (χ3v) is 6.46. The number of carbonyl (C=O) groups excluding carboxylic acids is 1. The fourth-order valence-corrected chi connectivity index (χ4v) is 4.86. The first kappa shape index (κ1) is 17.6. The minimum Gasteiger partial charge on any atom is -0.352 e. The van der Waals surface area contributed by atoms with E-state index in [1.165, 1.54) is 0 Å². The Morgan fingerprint density at radius 2 is 2.07 bits per heavy atom. The van der Waals surface area contributed by atoms with Crippen LogP contribution >= 0.6 is 11.3 Å². The van der Waals surface area contributed by atoms with Crippen LogP contribution in [0.3, 0.4) is 0 Å². The van der Waals surface area contributed by atoms with Crippen molar-refractivity contribution in [2.75, 3.05) is 44.2 Å². The number of fused-ring (bicyclic) bond motifs is 1. The van der Waals surface area contributed by atoms with Crippen LogP contribution in [0.25, 0.3) is 10.2 Å². The van der Waals surface area contributed by atoms with E-state index >= 15 is 0 Å². The zero-order valence-corrected chi connectivity index (χ0v) is 16.4. The topological polar surface area (TPSA) is 79.2 Å². The molecule has 5 rings (SSSR count). The molecular formula is C19H23N7OS. The molecule has 146 valence electrons. The maximum Gasteiger partial charge on any atom is 0.274 e. The molecular weight excluding hydrogens is 374 g/mol. The third kappa shape index (κ3) is 3.24. The minimum atomic E-state index is 0.0196. The molecule has 9 heteroatoms. The van der Waals surface area contributed by atoms with Gasteiger partial charge in [0.1, 0.15) is 17.8 Å². The van der Waals surface area contributed by atoms with Crippen LogP contribution in [-0.4, -0.2) is 69.8 Å². The molecule has 1 N–H and O–H groups in total. The van der Waals surface area contributed by atoms with E-state index in [4.69, 9.17) is 0 Å². The molecule has 0 bridgehead atoms. The number of aromatic nitrogens is 4. The van der Waals surface area contributed by atoms with Gasteiger partial charge in [-0.15, -0.1) is 11.3 Å². The Morgan fingerprint density at radius 3 is 2.89 bits per heavy atom. The highest BCUT2D eigenvalue weighted by Gasteiger charge is 2.26. The lowest BCUT2D eigenvalue weighted by Gasteiger charge is -2.35. The maximum atomic E-state index is 12.9. The molecule has 1 unspecified atom stereocenters. The van der Waals surface area contributed by atoms with Gasteiger partial charge in [0, 0.05) is 38.9 Å². The molecule has 1 amide bonds. The Kier molecular flexibility index (Phi) is 4.69. The Labute approximate surface area is 167 Å². The molecule has 0 radical (unpaired) electrons. The molecule has 2 fully saturated rings. The molecule has 3 aromatic rings. The second-order valence-electron chi connectivity index (χ2n) is 7.29. The lowest BCUT2D eigenvalue weighted by Crippen LogP contribution is -2.49. The number of carbonyl (C=O) groups is 1. The summed E-state index contributed by atoms with van der Waals surface area (Å²) in [7, 11) is 0. The van der Waals surface area contributed by atoms with Crippen molar-refractivity contribution in [1.29, 1.82) is 0 Å². The number of hydrogen-bond acceptors (Lipinski definition) is 7. The van der Waals surface area contributed by atoms with Gasteiger partial charge in [0.15, 0.2) is 0 Å². The molecule has 0 aromatic carbocycles. The summed E-state index contributed by atoms with van der Waals surface area (Å²) in [5.41, 5.74) is 1.53. The number of piperazine rings is 1. The first-order valence-electron chi connectivity index (χ1n) is 9.78. The highest BCUT2D eigenvalue weighted by Crippen LogP contribution is 2.28. The SMILES string of the molecule is O=C(c1ccn(C2CCCNC2)n1)N1CCN(c2ncnc3ccsc23)CC1. The van der Waals surface area contributed by atoms with E-state index in [9.17, 15) is 4.79 Å². The van der Waals surface area contributed by atoms with Gasteiger partial charge in [-0.1, -0.05) is 0 Å². The summed E-state index contributed by atoms with van der Waals surface area (Å²) in [5.74, 6) is 0.993. The lowest BCUT2D eigenvalue weighted by atomic mass is 10.1. The Morgan fingerprint density at radius 1 is 1.18 bits per heavy atom. The molecule has 0 spiro atoms. The molecule has 1 atom stereocenters. The summed E-state index contributed by atoms with van der Waals surface area (Å²) in [4.78, 5) is 25.8. The lowest BCUT2D eigenvalue weighted by molar-refractivity contribution is 0.0739. The fourth-order valence-electron chi connectivity index (χ4n) is 4.00. The number of thiophene rings is 1. The monoisotopic (exact) mass is 397 g/mol. The van der Waals surface area contributed by atoms with Gasteiger partial charge in [-0.2, -0.15) is 5.10 Å². The number of nitrogens with zero attached hydrogens (tertiary/aromatic N) is 6. The maximum absolute atomic E-state index is 12.9. The van der Waals surface area contributed by atoms with Gasteiger partial charge < -0.3 is 15.1 Å². The quantitative estimate of drug-likeness (QED) is 0.726. The van der Waals surface area contributed by atoms with Crippen LogP contribution in [0, 0.1) is 0 Å².